The van der Waals surface area contributed by atoms with Gasteiger partial charge in [0.25, 0.3) is 0 Å². The summed E-state index contributed by atoms with van der Waals surface area (Å²) in [6.45, 7) is 7.79. The van der Waals surface area contributed by atoms with Gasteiger partial charge in [0.2, 0.25) is 0 Å². The summed E-state index contributed by atoms with van der Waals surface area (Å²) in [6.07, 6.45) is 5.09. The first-order valence-corrected chi connectivity index (χ1v) is 8.30. The highest BCUT2D eigenvalue weighted by atomic mass is 79.9. The second kappa shape index (κ2) is 7.30. The molecule has 0 aliphatic heterocycles. The average Bonchev–Trinajstić information content (AvgIpc) is 3.20. The summed E-state index contributed by atoms with van der Waals surface area (Å²) in [4.78, 5) is 2.52. The normalized spacial score (nSPS) is 14.7. The molecule has 2 rings (SSSR count). The minimum Gasteiger partial charge on any atom is -0.371 e. The fraction of sp³-hybridized carbons (Fsp3) is 0.625. The molecule has 0 heterocycles. The van der Waals surface area contributed by atoms with Crippen LogP contribution in [0.1, 0.15) is 45.1 Å². The van der Waals surface area contributed by atoms with E-state index >= 15 is 0 Å². The van der Waals surface area contributed by atoms with Crippen molar-refractivity contribution < 1.29 is 0 Å². The number of nitrogens with zero attached hydrogens (tertiary/aromatic N) is 1. The Morgan fingerprint density at radius 3 is 2.47 bits per heavy atom. The summed E-state index contributed by atoms with van der Waals surface area (Å²) in [5, 5.41) is 3.63. The molecular formula is C16H25BrN2. The first-order chi connectivity index (χ1) is 9.24. The molecule has 2 nitrogen and oxygen atoms in total. The minimum absolute atomic E-state index is 0.762. The Morgan fingerprint density at radius 1 is 1.21 bits per heavy atom. The largest absolute Gasteiger partial charge is 0.371 e. The van der Waals surface area contributed by atoms with Crippen molar-refractivity contribution in [1.82, 2.24) is 5.32 Å². The molecule has 1 aromatic carbocycles. The zero-order valence-corrected chi connectivity index (χ0v) is 13.7. The highest BCUT2D eigenvalue weighted by molar-refractivity contribution is 9.10. The molecule has 19 heavy (non-hydrogen) atoms. The first-order valence-electron chi connectivity index (χ1n) is 7.51. The van der Waals surface area contributed by atoms with Gasteiger partial charge in [0.15, 0.2) is 0 Å². The average molecular weight is 325 g/mol. The zero-order chi connectivity index (χ0) is 13.7. The summed E-state index contributed by atoms with van der Waals surface area (Å²) in [6, 6.07) is 7.45. The van der Waals surface area contributed by atoms with Gasteiger partial charge in [0.1, 0.15) is 0 Å². The minimum atomic E-state index is 0.762. The molecule has 1 aromatic rings. The van der Waals surface area contributed by atoms with Crippen molar-refractivity contribution in [1.29, 1.82) is 0 Å². The highest BCUT2D eigenvalue weighted by Gasteiger charge is 2.21. The maximum absolute atomic E-state index is 3.63. The van der Waals surface area contributed by atoms with Gasteiger partial charge in [0.05, 0.1) is 0 Å². The molecule has 0 amide bonds. The molecule has 0 unspecified atom stereocenters. The van der Waals surface area contributed by atoms with E-state index in [0.717, 1.165) is 25.7 Å². The van der Waals surface area contributed by atoms with Gasteiger partial charge >= 0.3 is 0 Å². The molecular weight excluding hydrogens is 300 g/mol. The SMILES string of the molecule is CCCN(CCC)c1ccc(Br)cc1CNC1CC1. The standard InChI is InChI=1S/C16H25BrN2/c1-3-9-19(10-4-2)16-8-5-14(17)11-13(16)12-18-15-6-7-15/h5,8,11,15,18H,3-4,6-7,9-10,12H2,1-2H3. The van der Waals surface area contributed by atoms with Crippen LogP contribution in [0.3, 0.4) is 0 Å². The van der Waals surface area contributed by atoms with Crippen LogP contribution >= 0.6 is 15.9 Å². The summed E-state index contributed by atoms with van der Waals surface area (Å²) in [5.41, 5.74) is 2.82. The fourth-order valence-corrected chi connectivity index (χ4v) is 2.85. The fourth-order valence-electron chi connectivity index (χ4n) is 2.44. The summed E-state index contributed by atoms with van der Waals surface area (Å²) in [7, 11) is 0. The van der Waals surface area contributed by atoms with Crippen molar-refractivity contribution >= 4 is 21.6 Å². The summed E-state index contributed by atoms with van der Waals surface area (Å²) >= 11 is 3.60. The lowest BCUT2D eigenvalue weighted by Gasteiger charge is -2.27. The number of halogens is 1. The Bertz CT molecular complexity index is 396. The van der Waals surface area contributed by atoms with Gasteiger partial charge in [-0.15, -0.1) is 0 Å². The maximum atomic E-state index is 3.63. The summed E-state index contributed by atoms with van der Waals surface area (Å²) in [5.74, 6) is 0. The van der Waals surface area contributed by atoms with E-state index in [2.05, 4.69) is 58.2 Å². The smallest absolute Gasteiger partial charge is 0.0412 e. The molecule has 0 radical (unpaired) electrons. The first kappa shape index (κ1) is 14.9. The van der Waals surface area contributed by atoms with E-state index in [1.54, 1.807) is 0 Å². The molecule has 0 saturated heterocycles. The van der Waals surface area contributed by atoms with Crippen molar-refractivity contribution in [3.63, 3.8) is 0 Å². The molecule has 106 valence electrons. The van der Waals surface area contributed by atoms with Crippen LogP contribution in [0, 0.1) is 0 Å². The zero-order valence-electron chi connectivity index (χ0n) is 12.1. The quantitative estimate of drug-likeness (QED) is 0.765. The Balaban J connectivity index is 2.14. The van der Waals surface area contributed by atoms with E-state index in [9.17, 15) is 0 Å². The van der Waals surface area contributed by atoms with Crippen LogP contribution in [-0.4, -0.2) is 19.1 Å². The Labute approximate surface area is 125 Å². The lowest BCUT2D eigenvalue weighted by atomic mass is 10.1. The number of anilines is 1. The van der Waals surface area contributed by atoms with E-state index in [-0.39, 0.29) is 0 Å². The van der Waals surface area contributed by atoms with Crippen LogP contribution in [-0.2, 0) is 6.54 Å². The third-order valence-corrected chi connectivity index (χ3v) is 4.02. The second-order valence-electron chi connectivity index (χ2n) is 5.42. The van der Waals surface area contributed by atoms with Gasteiger partial charge in [-0.05, 0) is 49.4 Å². The van der Waals surface area contributed by atoms with Crippen LogP contribution in [0.4, 0.5) is 5.69 Å². The van der Waals surface area contributed by atoms with Gasteiger partial charge in [-0.25, -0.2) is 0 Å². The lowest BCUT2D eigenvalue weighted by Crippen LogP contribution is -2.27. The molecule has 1 aliphatic carbocycles. The third kappa shape index (κ3) is 4.50. The molecule has 1 saturated carbocycles. The number of hydrogen-bond acceptors (Lipinski definition) is 2. The van der Waals surface area contributed by atoms with Crippen molar-refractivity contribution in [2.45, 2.75) is 52.1 Å². The molecule has 0 bridgehead atoms. The maximum Gasteiger partial charge on any atom is 0.0412 e. The predicted molar refractivity (Wildman–Crippen MR) is 86.8 cm³/mol. The van der Waals surface area contributed by atoms with Gasteiger partial charge in [-0.2, -0.15) is 0 Å². The monoisotopic (exact) mass is 324 g/mol. The van der Waals surface area contributed by atoms with E-state index < -0.39 is 0 Å². The number of hydrogen-bond donors (Lipinski definition) is 1. The van der Waals surface area contributed by atoms with E-state index in [4.69, 9.17) is 0 Å². The Kier molecular flexibility index (Phi) is 5.71. The molecule has 0 aromatic heterocycles. The topological polar surface area (TPSA) is 15.3 Å². The molecule has 1 N–H and O–H groups in total. The number of nitrogens with one attached hydrogen (secondary N) is 1. The molecule has 0 atom stereocenters. The van der Waals surface area contributed by atoms with Crippen LogP contribution in [0.15, 0.2) is 22.7 Å². The molecule has 3 heteroatoms. The van der Waals surface area contributed by atoms with Crippen LogP contribution in [0.5, 0.6) is 0 Å². The van der Waals surface area contributed by atoms with E-state index in [1.165, 1.54) is 41.4 Å². The molecule has 0 spiro atoms. The van der Waals surface area contributed by atoms with Gasteiger partial charge < -0.3 is 10.2 Å². The third-order valence-electron chi connectivity index (χ3n) is 3.53. The van der Waals surface area contributed by atoms with Crippen molar-refractivity contribution in [2.75, 3.05) is 18.0 Å². The van der Waals surface area contributed by atoms with Crippen LogP contribution in [0.25, 0.3) is 0 Å². The van der Waals surface area contributed by atoms with E-state index in [0.29, 0.717) is 0 Å². The van der Waals surface area contributed by atoms with E-state index in [1.807, 2.05) is 0 Å². The second-order valence-corrected chi connectivity index (χ2v) is 6.33. The predicted octanol–water partition coefficient (Wildman–Crippen LogP) is 4.33. The Hall–Kier alpha value is -0.540. The van der Waals surface area contributed by atoms with Crippen LogP contribution < -0.4 is 10.2 Å². The van der Waals surface area contributed by atoms with Crippen molar-refractivity contribution in [2.24, 2.45) is 0 Å². The highest BCUT2D eigenvalue weighted by Crippen LogP contribution is 2.27. The van der Waals surface area contributed by atoms with Crippen molar-refractivity contribution in [3.8, 4) is 0 Å². The van der Waals surface area contributed by atoms with Gasteiger partial charge in [-0.1, -0.05) is 29.8 Å². The van der Waals surface area contributed by atoms with Crippen LogP contribution in [0.2, 0.25) is 0 Å². The lowest BCUT2D eigenvalue weighted by molar-refractivity contribution is 0.678. The molecule has 1 fully saturated rings. The van der Waals surface area contributed by atoms with Crippen molar-refractivity contribution in [3.05, 3.63) is 28.2 Å². The number of benzene rings is 1. The molecule has 1 aliphatic rings. The van der Waals surface area contributed by atoms with Gasteiger partial charge in [0, 0.05) is 35.8 Å². The number of rotatable bonds is 8. The van der Waals surface area contributed by atoms with Gasteiger partial charge in [-0.3, -0.25) is 0 Å². The Morgan fingerprint density at radius 2 is 1.89 bits per heavy atom. The summed E-state index contributed by atoms with van der Waals surface area (Å²) < 4.78 is 1.18.